The van der Waals surface area contributed by atoms with Gasteiger partial charge in [-0.2, -0.15) is 0 Å². The van der Waals surface area contributed by atoms with Crippen molar-refractivity contribution in [2.45, 2.75) is 18.9 Å². The maximum absolute atomic E-state index is 12.8. The molecule has 1 aliphatic heterocycles. The molecule has 1 aliphatic rings. The van der Waals surface area contributed by atoms with Gasteiger partial charge in [0.05, 0.1) is 10.0 Å². The van der Waals surface area contributed by atoms with Gasteiger partial charge in [0.25, 0.3) is 5.91 Å². The first kappa shape index (κ1) is 19.5. The van der Waals surface area contributed by atoms with Crippen LogP contribution in [0.5, 0.6) is 0 Å². The van der Waals surface area contributed by atoms with Crippen LogP contribution in [-0.2, 0) is 14.3 Å². The number of ether oxygens (including phenoxy) is 1. The maximum atomic E-state index is 12.8. The van der Waals surface area contributed by atoms with Gasteiger partial charge in [0.15, 0.2) is 0 Å². The summed E-state index contributed by atoms with van der Waals surface area (Å²) in [5.41, 5.74) is 1.37. The normalized spacial score (nSPS) is 15.1. The summed E-state index contributed by atoms with van der Waals surface area (Å²) >= 11 is 11.9. The van der Waals surface area contributed by atoms with E-state index in [1.807, 2.05) is 18.2 Å². The molecule has 0 saturated carbocycles. The van der Waals surface area contributed by atoms with Gasteiger partial charge in [-0.05, 0) is 36.6 Å². The fourth-order valence-corrected chi connectivity index (χ4v) is 3.23. The lowest BCUT2D eigenvalue weighted by molar-refractivity contribution is -0.156. The van der Waals surface area contributed by atoms with E-state index in [4.69, 9.17) is 27.9 Å². The first-order chi connectivity index (χ1) is 13.0. The molecule has 1 atom stereocenters. The average molecular weight is 404 g/mol. The number of halogens is 2. The highest BCUT2D eigenvalue weighted by Gasteiger charge is 2.30. The molecule has 1 fully saturated rings. The third-order valence-electron chi connectivity index (χ3n) is 4.33. The molecule has 0 spiro atoms. The van der Waals surface area contributed by atoms with Gasteiger partial charge in [-0.1, -0.05) is 59.6 Å². The van der Waals surface area contributed by atoms with Gasteiger partial charge in [0.2, 0.25) is 6.10 Å². The molecule has 140 valence electrons. The predicted octanol–water partition coefficient (Wildman–Crippen LogP) is 4.91. The van der Waals surface area contributed by atoms with Gasteiger partial charge in [-0.15, -0.1) is 0 Å². The van der Waals surface area contributed by atoms with E-state index in [2.05, 4.69) is 0 Å². The molecule has 1 saturated heterocycles. The molecule has 1 heterocycles. The van der Waals surface area contributed by atoms with Crippen LogP contribution in [0, 0.1) is 0 Å². The van der Waals surface area contributed by atoms with Crippen LogP contribution in [0.25, 0.3) is 6.08 Å². The topological polar surface area (TPSA) is 46.6 Å². The summed E-state index contributed by atoms with van der Waals surface area (Å²) in [6.07, 6.45) is 3.85. The largest absolute Gasteiger partial charge is 0.444 e. The van der Waals surface area contributed by atoms with Crippen molar-refractivity contribution in [3.63, 3.8) is 0 Å². The number of hydrogen-bond acceptors (Lipinski definition) is 3. The lowest BCUT2D eigenvalue weighted by Gasteiger charge is -2.23. The van der Waals surface area contributed by atoms with Crippen molar-refractivity contribution in [1.82, 2.24) is 4.90 Å². The molecular formula is C21H19Cl2NO3. The Labute approximate surface area is 168 Å². The molecule has 2 aromatic carbocycles. The number of likely N-dealkylation sites (tertiary alicyclic amines) is 1. The molecule has 0 radical (unpaired) electrons. The molecule has 1 amide bonds. The predicted molar refractivity (Wildman–Crippen MR) is 107 cm³/mol. The zero-order chi connectivity index (χ0) is 19.2. The molecule has 6 heteroatoms. The van der Waals surface area contributed by atoms with Crippen LogP contribution in [0.4, 0.5) is 0 Å². The van der Waals surface area contributed by atoms with Gasteiger partial charge < -0.3 is 9.64 Å². The quantitative estimate of drug-likeness (QED) is 0.525. The lowest BCUT2D eigenvalue weighted by Crippen LogP contribution is -2.34. The monoisotopic (exact) mass is 403 g/mol. The van der Waals surface area contributed by atoms with Crippen LogP contribution in [0.15, 0.2) is 54.6 Å². The highest BCUT2D eigenvalue weighted by atomic mass is 35.5. The van der Waals surface area contributed by atoms with E-state index in [9.17, 15) is 9.59 Å². The number of carbonyl (C=O) groups excluding carboxylic acids is 2. The van der Waals surface area contributed by atoms with E-state index >= 15 is 0 Å². The van der Waals surface area contributed by atoms with Crippen LogP contribution >= 0.6 is 23.2 Å². The third kappa shape index (κ3) is 5.12. The fraction of sp³-hybridized carbons (Fsp3) is 0.238. The number of esters is 1. The zero-order valence-electron chi connectivity index (χ0n) is 14.6. The second-order valence-corrected chi connectivity index (χ2v) is 7.08. The number of nitrogens with zero attached hydrogens (tertiary/aromatic N) is 1. The van der Waals surface area contributed by atoms with Crippen molar-refractivity contribution in [2.24, 2.45) is 0 Å². The van der Waals surface area contributed by atoms with Crippen molar-refractivity contribution >= 4 is 41.2 Å². The van der Waals surface area contributed by atoms with E-state index in [0.717, 1.165) is 12.8 Å². The molecule has 3 rings (SSSR count). The van der Waals surface area contributed by atoms with Gasteiger partial charge in [0, 0.05) is 24.7 Å². The van der Waals surface area contributed by atoms with E-state index in [0.29, 0.717) is 34.3 Å². The Morgan fingerprint density at radius 2 is 1.70 bits per heavy atom. The summed E-state index contributed by atoms with van der Waals surface area (Å²) < 4.78 is 5.51. The lowest BCUT2D eigenvalue weighted by atomic mass is 10.1. The fourth-order valence-electron chi connectivity index (χ4n) is 2.93. The summed E-state index contributed by atoms with van der Waals surface area (Å²) in [7, 11) is 0. The standard InChI is InChI=1S/C21H19Cl2NO3/c22-17-10-8-15(14-18(17)23)9-11-19(25)27-20(16-6-2-1-3-7-16)21(26)24-12-4-5-13-24/h1-3,6-11,14,20H,4-5,12-13H2/b11-9+/t20-/m1/s1. The summed E-state index contributed by atoms with van der Waals surface area (Å²) in [6, 6.07) is 14.1. The van der Waals surface area contributed by atoms with Crippen molar-refractivity contribution in [3.05, 3.63) is 75.8 Å². The Morgan fingerprint density at radius 3 is 2.37 bits per heavy atom. The Kier molecular flexibility index (Phi) is 6.54. The Bertz CT molecular complexity index is 846. The van der Waals surface area contributed by atoms with Crippen LogP contribution < -0.4 is 0 Å². The highest BCUT2D eigenvalue weighted by molar-refractivity contribution is 6.42. The second-order valence-electron chi connectivity index (χ2n) is 6.27. The third-order valence-corrected chi connectivity index (χ3v) is 5.07. The first-order valence-corrected chi connectivity index (χ1v) is 9.47. The summed E-state index contributed by atoms with van der Waals surface area (Å²) in [4.78, 5) is 26.9. The Hall–Kier alpha value is -2.30. The van der Waals surface area contributed by atoms with Crippen LogP contribution in [0.1, 0.15) is 30.1 Å². The number of amides is 1. The van der Waals surface area contributed by atoms with E-state index in [-0.39, 0.29) is 5.91 Å². The van der Waals surface area contributed by atoms with E-state index in [1.54, 1.807) is 41.3 Å². The number of carbonyl (C=O) groups is 2. The second kappa shape index (κ2) is 9.07. The van der Waals surface area contributed by atoms with Crippen LogP contribution in [-0.4, -0.2) is 29.9 Å². The highest BCUT2D eigenvalue weighted by Crippen LogP contribution is 2.25. The first-order valence-electron chi connectivity index (χ1n) is 8.72. The molecule has 0 N–H and O–H groups in total. The van der Waals surface area contributed by atoms with Crippen molar-refractivity contribution in [1.29, 1.82) is 0 Å². The van der Waals surface area contributed by atoms with Crippen molar-refractivity contribution < 1.29 is 14.3 Å². The molecule has 0 aromatic heterocycles. The molecule has 0 aliphatic carbocycles. The van der Waals surface area contributed by atoms with Gasteiger partial charge in [0.1, 0.15) is 0 Å². The smallest absolute Gasteiger partial charge is 0.331 e. The molecule has 0 bridgehead atoms. The van der Waals surface area contributed by atoms with Crippen molar-refractivity contribution in [3.8, 4) is 0 Å². The van der Waals surface area contributed by atoms with Gasteiger partial charge in [-0.3, -0.25) is 4.79 Å². The SMILES string of the molecule is O=C(/C=C/c1ccc(Cl)c(Cl)c1)O[C@@H](C(=O)N1CCCC1)c1ccccc1. The van der Waals surface area contributed by atoms with Crippen LogP contribution in [0.3, 0.4) is 0 Å². The molecule has 4 nitrogen and oxygen atoms in total. The summed E-state index contributed by atoms with van der Waals surface area (Å²) in [5.74, 6) is -0.780. The van der Waals surface area contributed by atoms with Crippen molar-refractivity contribution in [2.75, 3.05) is 13.1 Å². The van der Waals surface area contributed by atoms with E-state index < -0.39 is 12.1 Å². The summed E-state index contributed by atoms with van der Waals surface area (Å²) in [5, 5.41) is 0.843. The Balaban J connectivity index is 1.74. The minimum absolute atomic E-state index is 0.185. The molecule has 27 heavy (non-hydrogen) atoms. The average Bonchev–Trinajstić information content (AvgIpc) is 3.22. The number of rotatable bonds is 5. The van der Waals surface area contributed by atoms with Gasteiger partial charge >= 0.3 is 5.97 Å². The maximum Gasteiger partial charge on any atom is 0.331 e. The van der Waals surface area contributed by atoms with Gasteiger partial charge in [-0.25, -0.2) is 4.79 Å². The van der Waals surface area contributed by atoms with Crippen LogP contribution in [0.2, 0.25) is 10.0 Å². The zero-order valence-corrected chi connectivity index (χ0v) is 16.1. The summed E-state index contributed by atoms with van der Waals surface area (Å²) in [6.45, 7) is 1.39. The minimum atomic E-state index is -0.949. The van der Waals surface area contributed by atoms with E-state index in [1.165, 1.54) is 6.08 Å². The molecule has 0 unspecified atom stereocenters. The number of hydrogen-bond donors (Lipinski definition) is 0. The number of benzene rings is 2. The Morgan fingerprint density at radius 1 is 1.00 bits per heavy atom. The molecule has 2 aromatic rings. The minimum Gasteiger partial charge on any atom is -0.444 e. The molecular weight excluding hydrogens is 385 g/mol.